The van der Waals surface area contributed by atoms with Crippen LogP contribution in [0.1, 0.15) is 11.1 Å². The number of pyridine rings is 1. The molecule has 0 unspecified atom stereocenters. The Morgan fingerprint density at radius 2 is 1.49 bits per heavy atom. The van der Waals surface area contributed by atoms with Gasteiger partial charge in [-0.05, 0) is 35.4 Å². The molecule has 6 heteroatoms. The number of aromatic amines is 2. The van der Waals surface area contributed by atoms with Crippen LogP contribution in [0.15, 0.2) is 95.9 Å². The lowest BCUT2D eigenvalue weighted by Crippen LogP contribution is -3.00. The Morgan fingerprint density at radius 1 is 0.657 bits per heavy atom. The van der Waals surface area contributed by atoms with Crippen molar-refractivity contribution in [3.63, 3.8) is 0 Å². The molecule has 0 bridgehead atoms. The van der Waals surface area contributed by atoms with E-state index >= 15 is 0 Å². The molecule has 7 aromatic rings. The van der Waals surface area contributed by atoms with Crippen LogP contribution < -0.4 is 57.9 Å². The Hall–Kier alpha value is -3.11. The van der Waals surface area contributed by atoms with Crippen molar-refractivity contribution >= 4 is 55.8 Å². The average molecular weight is 679 g/mol. The number of rotatable bonds is 3. The number of halogens is 2. The van der Waals surface area contributed by atoms with Crippen LogP contribution >= 0.6 is 0 Å². The maximum atomic E-state index is 6.23. The number of H-pyrrole nitrogens is 2. The van der Waals surface area contributed by atoms with Gasteiger partial charge in [0.25, 0.3) is 0 Å². The number of hydrogen-bond donors (Lipinski definition) is 0. The second-order valence-electron chi connectivity index (χ2n) is 8.21. The molecule has 0 saturated carbocycles. The van der Waals surface area contributed by atoms with E-state index in [1.165, 1.54) is 26.9 Å². The van der Waals surface area contributed by atoms with Crippen LogP contribution in [0.3, 0.4) is 0 Å². The van der Waals surface area contributed by atoms with Crippen LogP contribution in [0.2, 0.25) is 0 Å². The second-order valence-corrected chi connectivity index (χ2v) is 8.21. The average Bonchev–Trinajstić information content (AvgIpc) is 3.27. The molecule has 0 saturated heterocycles. The van der Waals surface area contributed by atoms with Crippen molar-refractivity contribution in [3.05, 3.63) is 103 Å². The first-order valence-electron chi connectivity index (χ1n) is 11.0. The van der Waals surface area contributed by atoms with Crippen molar-refractivity contribution < 1.29 is 62.3 Å². The largest absolute Gasteiger partial charge is 1.00 e. The van der Waals surface area contributed by atoms with E-state index in [1.54, 1.807) is 6.20 Å². The molecule has 4 aromatic carbocycles. The fourth-order valence-corrected chi connectivity index (χ4v) is 4.97. The molecule has 35 heavy (non-hydrogen) atoms. The number of hydrogen-bond acceptors (Lipinski definition) is 2. The summed E-state index contributed by atoms with van der Waals surface area (Å²) >= 11 is 0. The molecule has 7 rings (SSSR count). The topological polar surface area (TPSA) is 54.3 Å². The fraction of sp³-hybridized carbons (Fsp3) is 0. The van der Waals surface area contributed by atoms with Crippen LogP contribution in [0, 0.1) is 0 Å². The Bertz CT molecular complexity index is 1830. The maximum Gasteiger partial charge on any atom is 0.229 e. The van der Waals surface area contributed by atoms with Crippen LogP contribution in [0.4, 0.5) is 0 Å². The highest BCUT2D eigenvalue weighted by atomic mass is 127. The summed E-state index contributed by atoms with van der Waals surface area (Å²) in [6.07, 6.45) is 11.8. The Morgan fingerprint density at radius 3 is 2.37 bits per heavy atom. The zero-order valence-electron chi connectivity index (χ0n) is 18.4. The van der Waals surface area contributed by atoms with E-state index in [1.807, 2.05) is 24.7 Å². The van der Waals surface area contributed by atoms with E-state index in [9.17, 15) is 0 Å². The van der Waals surface area contributed by atoms with Crippen LogP contribution in [0.25, 0.3) is 67.0 Å². The number of benzene rings is 4. The van der Waals surface area contributed by atoms with E-state index in [0.717, 1.165) is 39.1 Å². The lowest BCUT2D eigenvalue weighted by atomic mass is 9.93. The van der Waals surface area contributed by atoms with Crippen molar-refractivity contribution in [1.29, 1.82) is 0 Å². The van der Waals surface area contributed by atoms with E-state index < -0.39 is 0 Å². The predicted molar refractivity (Wildman–Crippen MR) is 132 cm³/mol. The third kappa shape index (κ3) is 3.75. The maximum absolute atomic E-state index is 6.23. The van der Waals surface area contributed by atoms with Gasteiger partial charge >= 0.3 is 0 Å². The summed E-state index contributed by atoms with van der Waals surface area (Å²) in [6, 6.07) is 23.1. The molecule has 0 amide bonds. The number of aromatic nitrogens is 3. The lowest BCUT2D eigenvalue weighted by molar-refractivity contribution is -0.365. The summed E-state index contributed by atoms with van der Waals surface area (Å²) in [5.74, 6) is 0. The van der Waals surface area contributed by atoms with Gasteiger partial charge in [0.2, 0.25) is 11.2 Å². The zero-order chi connectivity index (χ0) is 21.8. The summed E-state index contributed by atoms with van der Waals surface area (Å²) in [5.41, 5.74) is 7.33. The molecule has 0 radical (unpaired) electrons. The Labute approximate surface area is 235 Å². The minimum atomic E-state index is 0. The minimum Gasteiger partial charge on any atom is -1.00 e. The molecule has 0 aliphatic rings. The van der Waals surface area contributed by atoms with Crippen molar-refractivity contribution in [2.24, 2.45) is 0 Å². The summed E-state index contributed by atoms with van der Waals surface area (Å²) in [4.78, 5) is 11.1. The highest BCUT2D eigenvalue weighted by Crippen LogP contribution is 2.42. The first kappa shape index (κ1) is 23.6. The number of fused-ring (bicyclic) bond motifs is 3. The summed E-state index contributed by atoms with van der Waals surface area (Å²) in [5, 5.41) is 5.96. The van der Waals surface area contributed by atoms with Gasteiger partial charge in [-0.15, -0.1) is 0 Å². The Kier molecular flexibility index (Phi) is 6.41. The van der Waals surface area contributed by atoms with E-state index in [-0.39, 0.29) is 48.0 Å². The van der Waals surface area contributed by atoms with Gasteiger partial charge in [0.05, 0.1) is 28.7 Å². The monoisotopic (exact) mass is 679 g/mol. The third-order valence-electron chi connectivity index (χ3n) is 6.39. The highest BCUT2D eigenvalue weighted by Gasteiger charge is 2.21. The quantitative estimate of drug-likeness (QED) is 0.153. The molecule has 0 aliphatic heterocycles. The van der Waals surface area contributed by atoms with E-state index in [0.29, 0.717) is 0 Å². The summed E-state index contributed by atoms with van der Waals surface area (Å²) < 4.78 is 6.23. The van der Waals surface area contributed by atoms with Crippen molar-refractivity contribution in [1.82, 2.24) is 4.98 Å². The molecule has 170 valence electrons. The zero-order valence-corrected chi connectivity index (χ0v) is 22.7. The fourth-order valence-electron chi connectivity index (χ4n) is 4.97. The highest BCUT2D eigenvalue weighted by molar-refractivity contribution is 6.32. The van der Waals surface area contributed by atoms with E-state index in [4.69, 9.17) is 4.42 Å². The van der Waals surface area contributed by atoms with Gasteiger partial charge < -0.3 is 52.4 Å². The molecule has 0 aliphatic carbocycles. The predicted octanol–water partition coefficient (Wildman–Crippen LogP) is 0.199. The van der Waals surface area contributed by atoms with Crippen LogP contribution in [0.5, 0.6) is 0 Å². The van der Waals surface area contributed by atoms with Crippen molar-refractivity contribution in [2.45, 2.75) is 0 Å². The van der Waals surface area contributed by atoms with Crippen molar-refractivity contribution in [3.8, 4) is 11.3 Å². The van der Waals surface area contributed by atoms with E-state index in [2.05, 4.69) is 87.8 Å². The minimum absolute atomic E-state index is 0. The Balaban J connectivity index is 0.00000127. The van der Waals surface area contributed by atoms with Gasteiger partial charge in [-0.2, -0.15) is 0 Å². The van der Waals surface area contributed by atoms with Gasteiger partial charge in [-0.1, -0.05) is 48.6 Å². The van der Waals surface area contributed by atoms with Crippen LogP contribution in [-0.2, 0) is 0 Å². The molecule has 4 nitrogen and oxygen atoms in total. The third-order valence-corrected chi connectivity index (χ3v) is 6.39. The first-order chi connectivity index (χ1) is 16.4. The molecule has 3 aromatic heterocycles. The first-order valence-corrected chi connectivity index (χ1v) is 11.0. The van der Waals surface area contributed by atoms with Gasteiger partial charge in [0.1, 0.15) is 11.2 Å². The molecule has 3 heterocycles. The second kappa shape index (κ2) is 9.50. The SMILES string of the molecule is C(=C\c1ccc2oc3cccc4c5ccc[nH+]c5c1c2c34)/c1ccccc1-c1cncc[nH+]1.[I-].[I-]. The molecule has 0 atom stereocenters. The molecular weight excluding hydrogens is 660 g/mol. The molecule has 0 fully saturated rings. The molecule has 0 spiro atoms. The molecular formula is C29H19I2N3O. The van der Waals surface area contributed by atoms with Gasteiger partial charge in [-0.3, -0.25) is 4.98 Å². The van der Waals surface area contributed by atoms with Gasteiger partial charge in [-0.25, -0.2) is 9.97 Å². The number of nitrogens with one attached hydrogen (secondary N) is 2. The lowest BCUT2D eigenvalue weighted by Gasteiger charge is -2.07. The number of nitrogens with zero attached hydrogens (tertiary/aromatic N) is 1. The number of furan rings is 1. The summed E-state index contributed by atoms with van der Waals surface area (Å²) in [6.45, 7) is 0. The van der Waals surface area contributed by atoms with Crippen LogP contribution in [-0.4, -0.2) is 4.98 Å². The normalized spacial score (nSPS) is 11.4. The standard InChI is InChI=1S/C29H17N3O.2HI/c1-2-6-20(23-17-30-15-16-31-23)18(5-1)10-11-19-12-13-25-28-26(19)29-22(8-4-14-32-29)21-7-3-9-24(33-25)27(21)28;;/h1-17H;2*1H/b11-10+;;. The summed E-state index contributed by atoms with van der Waals surface area (Å²) in [7, 11) is 0. The van der Waals surface area contributed by atoms with Crippen molar-refractivity contribution in [2.75, 3.05) is 0 Å². The van der Waals surface area contributed by atoms with Gasteiger partial charge in [0, 0.05) is 22.2 Å². The smallest absolute Gasteiger partial charge is 0.229 e. The molecule has 2 N–H and O–H groups in total. The van der Waals surface area contributed by atoms with Gasteiger partial charge in [0.15, 0.2) is 12.4 Å².